The maximum Gasteiger partial charge on any atom is 0.435 e. The van der Waals surface area contributed by atoms with E-state index in [9.17, 15) is 30.7 Å². The third-order valence-electron chi connectivity index (χ3n) is 1.91. The summed E-state index contributed by atoms with van der Waals surface area (Å²) in [7, 11) is 0. The van der Waals surface area contributed by atoms with Crippen molar-refractivity contribution in [1.29, 1.82) is 0 Å². The van der Waals surface area contributed by atoms with Crippen molar-refractivity contribution in [3.8, 4) is 0 Å². The molecule has 0 fully saturated rings. The van der Waals surface area contributed by atoms with Crippen molar-refractivity contribution >= 4 is 11.6 Å². The molecular weight excluding hydrogens is 279 g/mol. The second-order valence-electron chi connectivity index (χ2n) is 3.02. The van der Waals surface area contributed by atoms with Crippen LogP contribution >= 0.6 is 11.6 Å². The summed E-state index contributed by atoms with van der Waals surface area (Å²) in [5.41, 5.74) is -7.12. The summed E-state index contributed by atoms with van der Waals surface area (Å²) < 4.78 is 86.9. The minimum Gasteiger partial charge on any atom is -0.245 e. The summed E-state index contributed by atoms with van der Waals surface area (Å²) in [6, 6.07) is 0.454. The van der Waals surface area contributed by atoms with Crippen molar-refractivity contribution in [3.05, 3.63) is 29.0 Å². The zero-order valence-electron chi connectivity index (χ0n) is 7.70. The fourth-order valence-corrected chi connectivity index (χ4v) is 1.28. The van der Waals surface area contributed by atoms with Gasteiger partial charge in [-0.05, 0) is 12.1 Å². The van der Waals surface area contributed by atoms with Crippen LogP contribution in [0.4, 0.5) is 30.7 Å². The highest BCUT2D eigenvalue weighted by atomic mass is 35.5. The molecule has 0 N–H and O–H groups in total. The second-order valence-corrected chi connectivity index (χ2v) is 3.41. The number of nitrogens with zero attached hydrogens (tertiary/aromatic N) is 1. The summed E-state index contributed by atoms with van der Waals surface area (Å²) in [6.45, 7) is 0. The van der Waals surface area contributed by atoms with Gasteiger partial charge in [-0.2, -0.15) is 26.3 Å². The molecule has 0 spiro atoms. The molecule has 0 saturated heterocycles. The van der Waals surface area contributed by atoms with Crippen LogP contribution in [0, 0.1) is 0 Å². The molecule has 0 aromatic carbocycles. The number of hydrogen-bond donors (Lipinski definition) is 0. The van der Waals surface area contributed by atoms with Crippen molar-refractivity contribution < 1.29 is 30.7 Å². The molecular formula is C8H3ClF7N. The van der Waals surface area contributed by atoms with Crippen LogP contribution in [0.25, 0.3) is 0 Å². The van der Waals surface area contributed by atoms with Gasteiger partial charge in [-0.3, -0.25) is 0 Å². The quantitative estimate of drug-likeness (QED) is 0.559. The number of pyridine rings is 1. The molecule has 96 valence electrons. The van der Waals surface area contributed by atoms with Crippen LogP contribution in [0.15, 0.2) is 18.3 Å². The van der Waals surface area contributed by atoms with Gasteiger partial charge in [0.1, 0.15) is 5.15 Å². The van der Waals surface area contributed by atoms with Crippen LogP contribution < -0.4 is 0 Å². The van der Waals surface area contributed by atoms with Gasteiger partial charge in [0.25, 0.3) is 0 Å². The number of hydrogen-bond acceptors (Lipinski definition) is 1. The number of aromatic nitrogens is 1. The Labute approximate surface area is 95.2 Å². The molecule has 0 aliphatic heterocycles. The van der Waals surface area contributed by atoms with E-state index in [0.29, 0.717) is 6.20 Å². The van der Waals surface area contributed by atoms with Gasteiger partial charge in [0.05, 0.1) is 0 Å². The predicted octanol–water partition coefficient (Wildman–Crippen LogP) is 4.02. The summed E-state index contributed by atoms with van der Waals surface area (Å²) in [5, 5.41) is -0.668. The number of rotatable bonds is 1. The Morgan fingerprint density at radius 3 is 1.76 bits per heavy atom. The highest BCUT2D eigenvalue weighted by Crippen LogP contribution is 2.53. The highest BCUT2D eigenvalue weighted by Gasteiger charge is 2.73. The van der Waals surface area contributed by atoms with E-state index in [4.69, 9.17) is 11.6 Å². The minimum atomic E-state index is -6.14. The second kappa shape index (κ2) is 4.01. The van der Waals surface area contributed by atoms with Crippen LogP contribution in [-0.2, 0) is 5.67 Å². The van der Waals surface area contributed by atoms with E-state index in [1.54, 1.807) is 0 Å². The molecule has 0 radical (unpaired) electrons. The maximum absolute atomic E-state index is 13.4. The van der Waals surface area contributed by atoms with E-state index >= 15 is 0 Å². The zero-order chi connectivity index (χ0) is 13.5. The third kappa shape index (κ3) is 2.31. The zero-order valence-corrected chi connectivity index (χ0v) is 8.46. The van der Waals surface area contributed by atoms with Crippen molar-refractivity contribution in [2.45, 2.75) is 18.0 Å². The Morgan fingerprint density at radius 2 is 1.41 bits per heavy atom. The van der Waals surface area contributed by atoms with Gasteiger partial charge < -0.3 is 0 Å². The molecule has 1 rings (SSSR count). The fraction of sp³-hybridized carbons (Fsp3) is 0.375. The molecule has 0 aliphatic carbocycles. The van der Waals surface area contributed by atoms with Crippen LogP contribution in [0.2, 0.25) is 5.15 Å². The summed E-state index contributed by atoms with van der Waals surface area (Å²) in [5.74, 6) is 0. The first-order chi connectivity index (χ1) is 7.50. The SMILES string of the molecule is FC(F)(F)C(F)(c1ccnc(Cl)c1)C(F)(F)F. The third-order valence-corrected chi connectivity index (χ3v) is 2.11. The Bertz CT molecular complexity index is 397. The van der Waals surface area contributed by atoms with Crippen molar-refractivity contribution in [1.82, 2.24) is 4.98 Å². The van der Waals surface area contributed by atoms with E-state index in [1.165, 1.54) is 0 Å². The van der Waals surface area contributed by atoms with Crippen LogP contribution in [-0.4, -0.2) is 17.3 Å². The summed E-state index contributed by atoms with van der Waals surface area (Å²) >= 11 is 5.14. The lowest BCUT2D eigenvalue weighted by Gasteiger charge is -2.30. The molecule has 0 unspecified atom stereocenters. The van der Waals surface area contributed by atoms with Crippen molar-refractivity contribution in [3.63, 3.8) is 0 Å². The van der Waals surface area contributed by atoms with Gasteiger partial charge in [0, 0.05) is 11.8 Å². The topological polar surface area (TPSA) is 12.9 Å². The normalized spacial score (nSPS) is 13.9. The lowest BCUT2D eigenvalue weighted by Crippen LogP contribution is -2.50. The van der Waals surface area contributed by atoms with Gasteiger partial charge in [-0.25, -0.2) is 9.37 Å². The van der Waals surface area contributed by atoms with E-state index < -0.39 is 28.7 Å². The van der Waals surface area contributed by atoms with E-state index in [-0.39, 0.29) is 12.1 Å². The molecule has 17 heavy (non-hydrogen) atoms. The van der Waals surface area contributed by atoms with Crippen molar-refractivity contribution in [2.24, 2.45) is 0 Å². The largest absolute Gasteiger partial charge is 0.435 e. The molecule has 0 amide bonds. The average Bonchev–Trinajstić information content (AvgIpc) is 2.12. The van der Waals surface area contributed by atoms with E-state index in [2.05, 4.69) is 4.98 Å². The van der Waals surface area contributed by atoms with Crippen molar-refractivity contribution in [2.75, 3.05) is 0 Å². The maximum atomic E-state index is 13.4. The Kier molecular flexibility index (Phi) is 3.30. The monoisotopic (exact) mass is 281 g/mol. The van der Waals surface area contributed by atoms with Crippen LogP contribution in [0.3, 0.4) is 0 Å². The molecule has 1 heterocycles. The molecule has 1 aromatic rings. The lowest BCUT2D eigenvalue weighted by molar-refractivity contribution is -0.348. The van der Waals surface area contributed by atoms with Gasteiger partial charge in [-0.15, -0.1) is 0 Å². The number of alkyl halides is 7. The standard InChI is InChI=1S/C8H3ClF7N/c9-5-3-4(1-2-17-5)6(10,7(11,12)13)8(14,15)16/h1-3H. The Morgan fingerprint density at radius 1 is 0.941 bits per heavy atom. The Balaban J connectivity index is 3.46. The first-order valence-corrected chi connectivity index (χ1v) is 4.32. The summed E-state index contributed by atoms with van der Waals surface area (Å²) in [4.78, 5) is 3.18. The molecule has 0 saturated carbocycles. The van der Waals surface area contributed by atoms with Gasteiger partial charge >= 0.3 is 18.0 Å². The molecule has 1 nitrogen and oxygen atoms in total. The highest BCUT2D eigenvalue weighted by molar-refractivity contribution is 6.29. The number of halogens is 8. The minimum absolute atomic E-state index is 0.183. The Hall–Kier alpha value is -1.05. The average molecular weight is 282 g/mol. The first-order valence-electron chi connectivity index (χ1n) is 3.94. The first kappa shape index (κ1) is 14.0. The van der Waals surface area contributed by atoms with E-state index in [0.717, 1.165) is 0 Å². The smallest absolute Gasteiger partial charge is 0.245 e. The molecule has 9 heteroatoms. The van der Waals surface area contributed by atoms with Gasteiger partial charge in [0.2, 0.25) is 0 Å². The predicted molar refractivity (Wildman–Crippen MR) is 44.1 cm³/mol. The van der Waals surface area contributed by atoms with Crippen LogP contribution in [0.5, 0.6) is 0 Å². The molecule has 0 aliphatic rings. The molecule has 0 atom stereocenters. The van der Waals surface area contributed by atoms with E-state index in [1.807, 2.05) is 0 Å². The molecule has 1 aromatic heterocycles. The van der Waals surface area contributed by atoms with Crippen LogP contribution in [0.1, 0.15) is 5.56 Å². The summed E-state index contributed by atoms with van der Waals surface area (Å²) in [6.07, 6.45) is -11.7. The van der Waals surface area contributed by atoms with Gasteiger partial charge in [-0.1, -0.05) is 11.6 Å². The lowest BCUT2D eigenvalue weighted by atomic mass is 9.95. The fourth-order valence-electron chi connectivity index (χ4n) is 1.10. The van der Waals surface area contributed by atoms with Gasteiger partial charge in [0.15, 0.2) is 0 Å². The molecule has 0 bridgehead atoms.